The number of carbonyl (C=O) groups excluding carboxylic acids is 1. The van der Waals surface area contributed by atoms with E-state index in [-0.39, 0.29) is 11.5 Å². The van der Waals surface area contributed by atoms with E-state index in [1.807, 2.05) is 6.07 Å². The minimum Gasteiger partial charge on any atom is -0.303 e. The maximum Gasteiger partial charge on any atom is 0.466 e. The van der Waals surface area contributed by atoms with E-state index in [1.54, 1.807) is 24.3 Å². The maximum atomic E-state index is 12.0. The van der Waals surface area contributed by atoms with Gasteiger partial charge < -0.3 is 14.7 Å². The van der Waals surface area contributed by atoms with Gasteiger partial charge in [-0.3, -0.25) is 24.0 Å². The summed E-state index contributed by atoms with van der Waals surface area (Å²) in [6.07, 6.45) is 0. The summed E-state index contributed by atoms with van der Waals surface area (Å²) in [5.41, 5.74) is 0.998. The lowest BCUT2D eigenvalue weighted by Gasteiger charge is -2.00. The van der Waals surface area contributed by atoms with Gasteiger partial charge in [-0.15, -0.1) is 0 Å². The molecule has 14 heteroatoms. The first-order valence-electron chi connectivity index (χ1n) is 6.51. The third kappa shape index (κ3) is 14.4. The van der Waals surface area contributed by atoms with Crippen LogP contribution in [0.15, 0.2) is 54.6 Å². The van der Waals surface area contributed by atoms with Crippen molar-refractivity contribution in [2.24, 2.45) is 0 Å². The van der Waals surface area contributed by atoms with Crippen LogP contribution in [-0.4, -0.2) is 42.9 Å². The van der Waals surface area contributed by atoms with Crippen LogP contribution in [0, 0.1) is 10.1 Å². The van der Waals surface area contributed by atoms with Gasteiger partial charge in [0, 0.05) is 23.3 Å². The van der Waals surface area contributed by atoms with E-state index in [1.165, 1.54) is 24.3 Å². The minimum atomic E-state index is -4.67. The molecule has 0 spiro atoms. The highest BCUT2D eigenvalue weighted by Crippen LogP contribution is 2.25. The van der Waals surface area contributed by atoms with Crippen molar-refractivity contribution in [3.05, 3.63) is 75.8 Å². The number of nitro groups is 1. The molecular formula is C13H14NO11PS. The number of ketones is 1. The Hall–Kier alpha value is -2.51. The van der Waals surface area contributed by atoms with Crippen LogP contribution in [0.5, 0.6) is 0 Å². The Labute approximate surface area is 152 Å². The summed E-state index contributed by atoms with van der Waals surface area (Å²) in [6, 6.07) is 14.4. The van der Waals surface area contributed by atoms with Gasteiger partial charge in [-0.25, -0.2) is 4.57 Å². The van der Waals surface area contributed by atoms with Crippen LogP contribution in [0.3, 0.4) is 0 Å². The van der Waals surface area contributed by atoms with Gasteiger partial charge in [-0.2, -0.15) is 8.42 Å². The fraction of sp³-hybridized carbons (Fsp3) is 0. The average Bonchev–Trinajstić information content (AvgIpc) is 2.52. The number of hydrogen-bond donors (Lipinski definition) is 5. The molecule has 0 saturated heterocycles. The first-order valence-corrected chi connectivity index (χ1v) is 9.47. The highest BCUT2D eigenvalue weighted by molar-refractivity contribution is 7.79. The van der Waals surface area contributed by atoms with Crippen LogP contribution < -0.4 is 0 Å². The summed E-state index contributed by atoms with van der Waals surface area (Å²) in [4.78, 5) is 43.5. The minimum absolute atomic E-state index is 0.0189. The first kappa shape index (κ1) is 24.5. The van der Waals surface area contributed by atoms with Gasteiger partial charge in [-0.1, -0.05) is 30.3 Å². The molecule has 0 unspecified atom stereocenters. The van der Waals surface area contributed by atoms with Crippen LogP contribution in [0.25, 0.3) is 0 Å². The SMILES string of the molecule is O=C(c1ccccc1)c1ccc([N+](=O)[O-])cc1.O=P(O)(O)O.O=S(=O)(O)O. The second kappa shape index (κ2) is 10.6. The molecule has 0 heterocycles. The van der Waals surface area contributed by atoms with Gasteiger partial charge in [-0.05, 0) is 12.1 Å². The lowest BCUT2D eigenvalue weighted by atomic mass is 10.0. The molecule has 12 nitrogen and oxygen atoms in total. The molecule has 0 atom stereocenters. The van der Waals surface area contributed by atoms with Crippen LogP contribution in [-0.2, 0) is 15.0 Å². The van der Waals surface area contributed by atoms with Crippen molar-refractivity contribution in [3.63, 3.8) is 0 Å². The van der Waals surface area contributed by atoms with Gasteiger partial charge in [0.25, 0.3) is 5.69 Å². The van der Waals surface area contributed by atoms with E-state index >= 15 is 0 Å². The lowest BCUT2D eigenvalue weighted by molar-refractivity contribution is -0.384. The van der Waals surface area contributed by atoms with Crippen molar-refractivity contribution in [2.45, 2.75) is 0 Å². The van der Waals surface area contributed by atoms with Gasteiger partial charge >= 0.3 is 18.2 Å². The molecule has 2 rings (SSSR count). The van der Waals surface area contributed by atoms with Crippen molar-refractivity contribution in [2.75, 3.05) is 0 Å². The number of phosphoric acid groups is 1. The number of hydrogen-bond acceptors (Lipinski definition) is 6. The molecule has 0 aliphatic carbocycles. The van der Waals surface area contributed by atoms with E-state index in [0.29, 0.717) is 11.1 Å². The zero-order valence-corrected chi connectivity index (χ0v) is 14.9. The Kier molecular flexibility index (Phi) is 9.61. The molecule has 0 fully saturated rings. The normalized spacial score (nSPS) is 10.6. The van der Waals surface area contributed by atoms with E-state index < -0.39 is 23.1 Å². The van der Waals surface area contributed by atoms with Gasteiger partial charge in [0.2, 0.25) is 0 Å². The molecule has 0 aromatic heterocycles. The van der Waals surface area contributed by atoms with Crippen molar-refractivity contribution >= 4 is 29.7 Å². The molecule has 0 saturated carbocycles. The number of rotatable bonds is 3. The molecule has 0 bridgehead atoms. The second-order valence-corrected chi connectivity index (χ2v) is 6.38. The standard InChI is InChI=1S/C13H9NO3.H3O4P.H2O4S/c15-13(10-4-2-1-3-5-10)11-6-8-12(9-7-11)14(16)17;2*1-5(2,3)4/h1-9H;(H3,1,2,3,4);(H2,1,2,3,4). The Bertz CT molecular complexity index is 891. The summed E-state index contributed by atoms with van der Waals surface area (Å²) in [5.74, 6) is -0.138. The molecule has 0 radical (unpaired) electrons. The van der Waals surface area contributed by atoms with E-state index in [0.717, 1.165) is 0 Å². The van der Waals surface area contributed by atoms with Crippen LogP contribution in [0.1, 0.15) is 15.9 Å². The van der Waals surface area contributed by atoms with Gasteiger partial charge in [0.15, 0.2) is 5.78 Å². The smallest absolute Gasteiger partial charge is 0.303 e. The Balaban J connectivity index is 0.000000563. The summed E-state index contributed by atoms with van der Waals surface area (Å²) < 4.78 is 40.5. The third-order valence-electron chi connectivity index (χ3n) is 2.38. The molecule has 0 aliphatic heterocycles. The fourth-order valence-corrected chi connectivity index (χ4v) is 1.49. The fourth-order valence-electron chi connectivity index (χ4n) is 1.49. The highest BCUT2D eigenvalue weighted by atomic mass is 32.3. The number of non-ortho nitro benzene ring substituents is 1. The summed E-state index contributed by atoms with van der Waals surface area (Å²) in [5, 5.41) is 10.5. The topological polar surface area (TPSA) is 213 Å². The van der Waals surface area contributed by atoms with E-state index in [4.69, 9.17) is 36.8 Å². The second-order valence-electron chi connectivity index (χ2n) is 4.46. The lowest BCUT2D eigenvalue weighted by Crippen LogP contribution is -2.00. The van der Waals surface area contributed by atoms with Gasteiger partial charge in [0.05, 0.1) is 4.92 Å². The highest BCUT2D eigenvalue weighted by Gasteiger charge is 2.10. The number of nitro benzene ring substituents is 1. The van der Waals surface area contributed by atoms with Crippen LogP contribution in [0.2, 0.25) is 0 Å². The number of carbonyl (C=O) groups is 1. The molecule has 0 amide bonds. The zero-order valence-electron chi connectivity index (χ0n) is 13.2. The predicted octanol–water partition coefficient (Wildman–Crippen LogP) is 1.24. The summed E-state index contributed by atoms with van der Waals surface area (Å²) in [7, 11) is -9.31. The molecular weight excluding hydrogens is 409 g/mol. The van der Waals surface area contributed by atoms with Gasteiger partial charge in [0.1, 0.15) is 0 Å². The van der Waals surface area contributed by atoms with Crippen LogP contribution in [0.4, 0.5) is 5.69 Å². The Morgan fingerprint density at radius 2 is 1.22 bits per heavy atom. The van der Waals surface area contributed by atoms with E-state index in [9.17, 15) is 14.9 Å². The predicted molar refractivity (Wildman–Crippen MR) is 91.4 cm³/mol. The largest absolute Gasteiger partial charge is 0.466 e. The van der Waals surface area contributed by atoms with Crippen LogP contribution >= 0.6 is 7.82 Å². The molecule has 0 aliphatic rings. The Morgan fingerprint density at radius 3 is 1.56 bits per heavy atom. The first-order chi connectivity index (χ1) is 12.2. The van der Waals surface area contributed by atoms with Crippen molar-refractivity contribution < 1.29 is 46.5 Å². The third-order valence-corrected chi connectivity index (χ3v) is 2.38. The summed E-state index contributed by atoms with van der Waals surface area (Å²) >= 11 is 0. The zero-order chi connectivity index (χ0) is 21.3. The van der Waals surface area contributed by atoms with E-state index in [2.05, 4.69) is 0 Å². The molecule has 5 N–H and O–H groups in total. The Morgan fingerprint density at radius 1 is 0.889 bits per heavy atom. The number of nitrogens with zero attached hydrogens (tertiary/aromatic N) is 1. The quantitative estimate of drug-likeness (QED) is 0.156. The molecule has 2 aromatic carbocycles. The summed E-state index contributed by atoms with van der Waals surface area (Å²) in [6.45, 7) is 0. The monoisotopic (exact) mass is 423 g/mol. The maximum absolute atomic E-state index is 12.0. The molecule has 2 aromatic rings. The van der Waals surface area contributed by atoms with Crippen molar-refractivity contribution in [1.29, 1.82) is 0 Å². The molecule has 148 valence electrons. The number of benzene rings is 2. The van der Waals surface area contributed by atoms with Crippen molar-refractivity contribution in [1.82, 2.24) is 0 Å². The molecule has 27 heavy (non-hydrogen) atoms. The van der Waals surface area contributed by atoms with Crippen molar-refractivity contribution in [3.8, 4) is 0 Å². The average molecular weight is 423 g/mol.